The maximum absolute atomic E-state index is 11.7. The summed E-state index contributed by atoms with van der Waals surface area (Å²) >= 11 is 0. The van der Waals surface area contributed by atoms with Crippen LogP contribution in [0.3, 0.4) is 0 Å². The Labute approximate surface area is 106 Å². The summed E-state index contributed by atoms with van der Waals surface area (Å²) in [6, 6.07) is 4.64. The number of amides is 1. The molecule has 2 rings (SSSR count). The lowest BCUT2D eigenvalue weighted by Gasteiger charge is -2.15. The molecule has 0 atom stereocenters. The summed E-state index contributed by atoms with van der Waals surface area (Å²) in [7, 11) is 0. The Balaban J connectivity index is 1.77. The fourth-order valence-corrected chi connectivity index (χ4v) is 2.07. The van der Waals surface area contributed by atoms with Crippen LogP contribution in [-0.4, -0.2) is 40.7 Å². The molecule has 5 heteroatoms. The highest BCUT2D eigenvalue weighted by Crippen LogP contribution is 2.24. The highest BCUT2D eigenvalue weighted by atomic mass is 16.3. The predicted molar refractivity (Wildman–Crippen MR) is 67.3 cm³/mol. The van der Waals surface area contributed by atoms with Gasteiger partial charge in [-0.3, -0.25) is 4.79 Å². The second-order valence-electron chi connectivity index (χ2n) is 4.51. The Morgan fingerprint density at radius 3 is 2.61 bits per heavy atom. The van der Waals surface area contributed by atoms with Crippen molar-refractivity contribution < 1.29 is 15.0 Å². The van der Waals surface area contributed by atoms with Crippen LogP contribution in [0.15, 0.2) is 18.2 Å². The molecule has 98 valence electrons. The standard InChI is InChI=1S/C13H18N2O3/c16-11-4-3-10(7-12(11)17)8-14-9-13(18)15-5-1-2-6-15/h3-4,7,14,16-17H,1-2,5-6,8-9H2. The maximum atomic E-state index is 11.7. The molecule has 0 radical (unpaired) electrons. The molecule has 18 heavy (non-hydrogen) atoms. The average Bonchev–Trinajstić information content (AvgIpc) is 2.87. The third-order valence-electron chi connectivity index (χ3n) is 3.10. The molecule has 0 aliphatic carbocycles. The van der Waals surface area contributed by atoms with Gasteiger partial charge in [0.2, 0.25) is 5.91 Å². The van der Waals surface area contributed by atoms with E-state index in [1.807, 2.05) is 4.90 Å². The van der Waals surface area contributed by atoms with Gasteiger partial charge in [0.25, 0.3) is 0 Å². The summed E-state index contributed by atoms with van der Waals surface area (Å²) in [5.74, 6) is -0.150. The minimum absolute atomic E-state index is 0.121. The molecule has 5 nitrogen and oxygen atoms in total. The van der Waals surface area contributed by atoms with Crippen molar-refractivity contribution in [1.29, 1.82) is 0 Å². The number of carbonyl (C=O) groups excluding carboxylic acids is 1. The zero-order valence-corrected chi connectivity index (χ0v) is 10.2. The first-order valence-electron chi connectivity index (χ1n) is 6.16. The first-order chi connectivity index (χ1) is 8.66. The summed E-state index contributed by atoms with van der Waals surface area (Å²) in [6.07, 6.45) is 2.19. The highest BCUT2D eigenvalue weighted by Gasteiger charge is 2.16. The molecule has 1 aliphatic rings. The summed E-state index contributed by atoms with van der Waals surface area (Å²) in [6.45, 7) is 2.52. The fraction of sp³-hybridized carbons (Fsp3) is 0.462. The van der Waals surface area contributed by atoms with E-state index < -0.39 is 0 Å². The van der Waals surface area contributed by atoms with E-state index in [4.69, 9.17) is 5.11 Å². The van der Waals surface area contributed by atoms with Crippen LogP contribution in [0, 0.1) is 0 Å². The van der Waals surface area contributed by atoms with Crippen LogP contribution >= 0.6 is 0 Å². The van der Waals surface area contributed by atoms with Crippen molar-refractivity contribution in [3.8, 4) is 11.5 Å². The number of aromatic hydroxyl groups is 2. The summed E-state index contributed by atoms with van der Waals surface area (Å²) < 4.78 is 0. The number of hydrogen-bond acceptors (Lipinski definition) is 4. The predicted octanol–water partition coefficient (Wildman–Crippen LogP) is 0.810. The summed E-state index contributed by atoms with van der Waals surface area (Å²) in [5, 5.41) is 21.5. The van der Waals surface area contributed by atoms with E-state index in [-0.39, 0.29) is 17.4 Å². The molecular formula is C13H18N2O3. The lowest BCUT2D eigenvalue weighted by molar-refractivity contribution is -0.129. The van der Waals surface area contributed by atoms with Gasteiger partial charge in [0, 0.05) is 19.6 Å². The van der Waals surface area contributed by atoms with Gasteiger partial charge in [-0.15, -0.1) is 0 Å². The average molecular weight is 250 g/mol. The molecule has 0 spiro atoms. The number of phenols is 2. The van der Waals surface area contributed by atoms with Gasteiger partial charge in [-0.05, 0) is 30.5 Å². The van der Waals surface area contributed by atoms with Gasteiger partial charge in [-0.2, -0.15) is 0 Å². The van der Waals surface area contributed by atoms with Crippen molar-refractivity contribution in [2.24, 2.45) is 0 Å². The van der Waals surface area contributed by atoms with Crippen molar-refractivity contribution in [2.75, 3.05) is 19.6 Å². The molecule has 1 aromatic rings. The van der Waals surface area contributed by atoms with Crippen molar-refractivity contribution >= 4 is 5.91 Å². The molecule has 3 N–H and O–H groups in total. The van der Waals surface area contributed by atoms with E-state index in [1.54, 1.807) is 6.07 Å². The summed E-state index contributed by atoms with van der Waals surface area (Å²) in [4.78, 5) is 13.6. The Bertz CT molecular complexity index is 428. The molecule has 0 bridgehead atoms. The summed E-state index contributed by atoms with van der Waals surface area (Å²) in [5.41, 5.74) is 0.833. The van der Waals surface area contributed by atoms with E-state index in [0.717, 1.165) is 31.5 Å². The van der Waals surface area contributed by atoms with E-state index in [9.17, 15) is 9.90 Å². The molecule has 0 aromatic heterocycles. The lowest BCUT2D eigenvalue weighted by Crippen LogP contribution is -2.35. The number of benzene rings is 1. The normalized spacial score (nSPS) is 15.0. The Kier molecular flexibility index (Phi) is 4.04. The Hall–Kier alpha value is -1.75. The van der Waals surface area contributed by atoms with E-state index in [2.05, 4.69) is 5.32 Å². The molecule has 1 amide bonds. The number of nitrogens with one attached hydrogen (secondary N) is 1. The van der Waals surface area contributed by atoms with Crippen molar-refractivity contribution in [1.82, 2.24) is 10.2 Å². The van der Waals surface area contributed by atoms with E-state index in [1.165, 1.54) is 12.1 Å². The van der Waals surface area contributed by atoms with Gasteiger partial charge in [0.15, 0.2) is 11.5 Å². The SMILES string of the molecule is O=C(CNCc1ccc(O)c(O)c1)N1CCCC1. The molecule has 0 unspecified atom stereocenters. The topological polar surface area (TPSA) is 72.8 Å². The van der Waals surface area contributed by atoms with Gasteiger partial charge >= 0.3 is 0 Å². The fourth-order valence-electron chi connectivity index (χ4n) is 2.07. The number of nitrogens with zero attached hydrogens (tertiary/aromatic N) is 1. The quantitative estimate of drug-likeness (QED) is 0.691. The molecule has 0 saturated carbocycles. The van der Waals surface area contributed by atoms with Crippen LogP contribution in [0.25, 0.3) is 0 Å². The van der Waals surface area contributed by atoms with E-state index in [0.29, 0.717) is 13.1 Å². The number of phenolic OH excluding ortho intramolecular Hbond substituents is 2. The molecule has 1 fully saturated rings. The minimum atomic E-state index is -0.139. The zero-order valence-electron chi connectivity index (χ0n) is 10.2. The van der Waals surface area contributed by atoms with Gasteiger partial charge in [0.1, 0.15) is 0 Å². The second-order valence-corrected chi connectivity index (χ2v) is 4.51. The van der Waals surface area contributed by atoms with Crippen LogP contribution in [-0.2, 0) is 11.3 Å². The van der Waals surface area contributed by atoms with Crippen LogP contribution < -0.4 is 5.32 Å². The smallest absolute Gasteiger partial charge is 0.236 e. The van der Waals surface area contributed by atoms with Crippen molar-refractivity contribution in [2.45, 2.75) is 19.4 Å². The zero-order chi connectivity index (χ0) is 13.0. The van der Waals surface area contributed by atoms with E-state index >= 15 is 0 Å². The number of hydrogen-bond donors (Lipinski definition) is 3. The van der Waals surface area contributed by atoms with Gasteiger partial charge < -0.3 is 20.4 Å². The molecule has 1 saturated heterocycles. The van der Waals surface area contributed by atoms with Crippen LogP contribution in [0.1, 0.15) is 18.4 Å². The Morgan fingerprint density at radius 2 is 1.94 bits per heavy atom. The second kappa shape index (κ2) is 5.73. The van der Waals surface area contributed by atoms with Gasteiger partial charge in [-0.25, -0.2) is 0 Å². The van der Waals surface area contributed by atoms with Crippen LogP contribution in [0.5, 0.6) is 11.5 Å². The number of likely N-dealkylation sites (tertiary alicyclic amines) is 1. The third kappa shape index (κ3) is 3.13. The molecular weight excluding hydrogens is 232 g/mol. The lowest BCUT2D eigenvalue weighted by atomic mass is 10.2. The van der Waals surface area contributed by atoms with Crippen molar-refractivity contribution in [3.05, 3.63) is 23.8 Å². The molecule has 1 aliphatic heterocycles. The first kappa shape index (κ1) is 12.7. The number of carbonyl (C=O) groups is 1. The highest BCUT2D eigenvalue weighted by molar-refractivity contribution is 5.78. The van der Waals surface area contributed by atoms with Gasteiger partial charge in [0.05, 0.1) is 6.54 Å². The largest absolute Gasteiger partial charge is 0.504 e. The monoisotopic (exact) mass is 250 g/mol. The number of rotatable bonds is 4. The third-order valence-corrected chi connectivity index (χ3v) is 3.10. The minimum Gasteiger partial charge on any atom is -0.504 e. The molecule has 1 aromatic carbocycles. The Morgan fingerprint density at radius 1 is 1.22 bits per heavy atom. The van der Waals surface area contributed by atoms with Crippen LogP contribution in [0.4, 0.5) is 0 Å². The van der Waals surface area contributed by atoms with Crippen molar-refractivity contribution in [3.63, 3.8) is 0 Å². The first-order valence-corrected chi connectivity index (χ1v) is 6.16. The van der Waals surface area contributed by atoms with Gasteiger partial charge in [-0.1, -0.05) is 6.07 Å². The molecule has 1 heterocycles. The maximum Gasteiger partial charge on any atom is 0.236 e. The van der Waals surface area contributed by atoms with Crippen LogP contribution in [0.2, 0.25) is 0 Å².